The molecule has 3 aromatic rings. The number of imidazole rings is 1. The zero-order valence-corrected chi connectivity index (χ0v) is 13.7. The van der Waals surface area contributed by atoms with Crippen LogP contribution in [0.1, 0.15) is 22.4 Å². The van der Waals surface area contributed by atoms with Crippen LogP contribution in [0.15, 0.2) is 48.2 Å². The van der Waals surface area contributed by atoms with Crippen LogP contribution < -0.4 is 4.74 Å². The van der Waals surface area contributed by atoms with Crippen LogP contribution in [0.4, 0.5) is 0 Å². The highest BCUT2D eigenvalue weighted by molar-refractivity contribution is 7.09. The molecule has 3 heterocycles. The standard InChI is InChI=1S/C17H18N4OS/c1-22-14-4-2-3-13(9-14)15-10-20-7-5-18-16(20)11-21(15)12-17-19-6-8-23-17/h2-9,15H,10-12H2,1H3/t15-/m1/s1. The van der Waals surface area contributed by atoms with Gasteiger partial charge in [0, 0.05) is 30.5 Å². The smallest absolute Gasteiger partial charge is 0.122 e. The summed E-state index contributed by atoms with van der Waals surface area (Å²) in [4.78, 5) is 11.4. The lowest BCUT2D eigenvalue weighted by Crippen LogP contribution is -2.36. The largest absolute Gasteiger partial charge is 0.497 e. The van der Waals surface area contributed by atoms with Gasteiger partial charge in [-0.2, -0.15) is 0 Å². The first-order chi connectivity index (χ1) is 11.3. The normalized spacial score (nSPS) is 17.9. The van der Waals surface area contributed by atoms with Gasteiger partial charge in [-0.15, -0.1) is 11.3 Å². The molecule has 0 saturated carbocycles. The van der Waals surface area contributed by atoms with E-state index in [1.165, 1.54) is 5.56 Å². The summed E-state index contributed by atoms with van der Waals surface area (Å²) in [5.74, 6) is 2.01. The van der Waals surface area contributed by atoms with Crippen LogP contribution >= 0.6 is 11.3 Å². The van der Waals surface area contributed by atoms with Gasteiger partial charge in [0.05, 0.1) is 26.2 Å². The van der Waals surface area contributed by atoms with Crippen molar-refractivity contribution < 1.29 is 4.74 Å². The third-order valence-corrected chi connectivity index (χ3v) is 5.02. The highest BCUT2D eigenvalue weighted by atomic mass is 32.1. The van der Waals surface area contributed by atoms with E-state index in [4.69, 9.17) is 4.74 Å². The SMILES string of the molecule is COc1cccc([C@H]2Cn3ccnc3CN2Cc2nccs2)c1. The number of rotatable bonds is 4. The van der Waals surface area contributed by atoms with E-state index in [-0.39, 0.29) is 6.04 Å². The van der Waals surface area contributed by atoms with Gasteiger partial charge in [0.2, 0.25) is 0 Å². The fourth-order valence-corrected chi connectivity index (χ4v) is 3.73. The molecule has 0 amide bonds. The summed E-state index contributed by atoms with van der Waals surface area (Å²) in [5.41, 5.74) is 1.26. The molecular weight excluding hydrogens is 308 g/mol. The second-order valence-corrected chi connectivity index (χ2v) is 6.60. The van der Waals surface area contributed by atoms with Gasteiger partial charge in [0.1, 0.15) is 16.6 Å². The van der Waals surface area contributed by atoms with Crippen molar-refractivity contribution >= 4 is 11.3 Å². The Balaban J connectivity index is 1.68. The van der Waals surface area contributed by atoms with Gasteiger partial charge in [0.25, 0.3) is 0 Å². The second-order valence-electron chi connectivity index (χ2n) is 5.62. The van der Waals surface area contributed by atoms with Gasteiger partial charge in [-0.05, 0) is 17.7 Å². The van der Waals surface area contributed by atoms with Crippen LogP contribution in [-0.2, 0) is 19.6 Å². The van der Waals surface area contributed by atoms with Crippen molar-refractivity contribution in [3.8, 4) is 5.75 Å². The predicted octanol–water partition coefficient (Wildman–Crippen LogP) is 3.11. The van der Waals surface area contributed by atoms with Crippen LogP contribution in [0, 0.1) is 0 Å². The van der Waals surface area contributed by atoms with E-state index in [1.807, 2.05) is 23.8 Å². The number of hydrogen-bond donors (Lipinski definition) is 0. The van der Waals surface area contributed by atoms with Crippen molar-refractivity contribution in [2.24, 2.45) is 0 Å². The molecule has 2 aromatic heterocycles. The maximum Gasteiger partial charge on any atom is 0.122 e. The number of ether oxygens (including phenoxy) is 1. The van der Waals surface area contributed by atoms with E-state index in [0.717, 1.165) is 36.2 Å². The molecule has 0 bridgehead atoms. The van der Waals surface area contributed by atoms with Gasteiger partial charge in [0.15, 0.2) is 0 Å². The molecule has 1 atom stereocenters. The Kier molecular flexibility index (Phi) is 3.85. The highest BCUT2D eigenvalue weighted by Gasteiger charge is 2.28. The number of aromatic nitrogens is 3. The molecule has 6 heteroatoms. The Morgan fingerprint density at radius 3 is 3.09 bits per heavy atom. The molecule has 23 heavy (non-hydrogen) atoms. The van der Waals surface area contributed by atoms with Crippen molar-refractivity contribution in [2.75, 3.05) is 7.11 Å². The lowest BCUT2D eigenvalue weighted by molar-refractivity contribution is 0.128. The molecule has 0 radical (unpaired) electrons. The van der Waals surface area contributed by atoms with Crippen LogP contribution in [0.5, 0.6) is 5.75 Å². The molecule has 4 rings (SSSR count). The minimum absolute atomic E-state index is 0.288. The van der Waals surface area contributed by atoms with Gasteiger partial charge in [-0.3, -0.25) is 4.90 Å². The van der Waals surface area contributed by atoms with Crippen molar-refractivity contribution in [1.29, 1.82) is 0 Å². The summed E-state index contributed by atoms with van der Waals surface area (Å²) in [6, 6.07) is 8.63. The van der Waals surface area contributed by atoms with E-state index in [2.05, 4.69) is 43.8 Å². The molecule has 5 nitrogen and oxygen atoms in total. The summed E-state index contributed by atoms with van der Waals surface area (Å²) in [7, 11) is 1.71. The van der Waals surface area contributed by atoms with E-state index < -0.39 is 0 Å². The van der Waals surface area contributed by atoms with E-state index in [9.17, 15) is 0 Å². The van der Waals surface area contributed by atoms with Crippen LogP contribution in [0.25, 0.3) is 0 Å². The van der Waals surface area contributed by atoms with E-state index in [0.29, 0.717) is 0 Å². The topological polar surface area (TPSA) is 43.2 Å². The first kappa shape index (κ1) is 14.4. The first-order valence-corrected chi connectivity index (χ1v) is 8.48. The molecular formula is C17H18N4OS. The van der Waals surface area contributed by atoms with Crippen molar-refractivity contribution in [3.63, 3.8) is 0 Å². The molecule has 1 aliphatic heterocycles. The summed E-state index contributed by atoms with van der Waals surface area (Å²) >= 11 is 1.70. The van der Waals surface area contributed by atoms with Crippen LogP contribution in [0.2, 0.25) is 0 Å². The fraction of sp³-hybridized carbons (Fsp3) is 0.294. The van der Waals surface area contributed by atoms with Crippen LogP contribution in [-0.4, -0.2) is 26.5 Å². The summed E-state index contributed by atoms with van der Waals surface area (Å²) in [5, 5.41) is 3.17. The molecule has 1 aromatic carbocycles. The molecule has 0 spiro atoms. The quantitative estimate of drug-likeness (QED) is 0.739. The summed E-state index contributed by atoms with van der Waals surface area (Å²) < 4.78 is 7.63. The van der Waals surface area contributed by atoms with Crippen LogP contribution in [0.3, 0.4) is 0 Å². The lowest BCUT2D eigenvalue weighted by atomic mass is 10.0. The van der Waals surface area contributed by atoms with E-state index >= 15 is 0 Å². The Morgan fingerprint density at radius 1 is 1.30 bits per heavy atom. The lowest BCUT2D eigenvalue weighted by Gasteiger charge is -2.36. The number of nitrogens with zero attached hydrogens (tertiary/aromatic N) is 4. The third kappa shape index (κ3) is 2.87. The van der Waals surface area contributed by atoms with Gasteiger partial charge in [-0.25, -0.2) is 9.97 Å². The maximum absolute atomic E-state index is 5.39. The minimum atomic E-state index is 0.288. The second kappa shape index (κ2) is 6.14. The van der Waals surface area contributed by atoms with E-state index in [1.54, 1.807) is 18.4 Å². The number of fused-ring (bicyclic) bond motifs is 1. The summed E-state index contributed by atoms with van der Waals surface area (Å²) in [6.45, 7) is 2.56. The Morgan fingerprint density at radius 2 is 2.26 bits per heavy atom. The minimum Gasteiger partial charge on any atom is -0.497 e. The number of benzene rings is 1. The Bertz CT molecular complexity index is 784. The number of hydrogen-bond acceptors (Lipinski definition) is 5. The van der Waals surface area contributed by atoms with Gasteiger partial charge >= 0.3 is 0 Å². The molecule has 0 aliphatic carbocycles. The fourth-order valence-electron chi connectivity index (χ4n) is 3.09. The van der Waals surface area contributed by atoms with Crippen molar-refractivity contribution in [3.05, 3.63) is 64.6 Å². The Hall–Kier alpha value is -2.18. The zero-order valence-electron chi connectivity index (χ0n) is 12.9. The molecule has 118 valence electrons. The number of thiazole rings is 1. The van der Waals surface area contributed by atoms with Gasteiger partial charge < -0.3 is 9.30 Å². The van der Waals surface area contributed by atoms with Crippen molar-refractivity contribution in [1.82, 2.24) is 19.4 Å². The highest BCUT2D eigenvalue weighted by Crippen LogP contribution is 2.32. The average molecular weight is 326 g/mol. The number of methoxy groups -OCH3 is 1. The van der Waals surface area contributed by atoms with Gasteiger partial charge in [-0.1, -0.05) is 12.1 Å². The molecule has 0 N–H and O–H groups in total. The average Bonchev–Trinajstić information content (AvgIpc) is 3.25. The van der Waals surface area contributed by atoms with Crippen molar-refractivity contribution in [2.45, 2.75) is 25.7 Å². The zero-order chi connectivity index (χ0) is 15.6. The first-order valence-electron chi connectivity index (χ1n) is 7.60. The molecule has 0 fully saturated rings. The Labute approximate surface area is 139 Å². The molecule has 1 aliphatic rings. The molecule has 0 unspecified atom stereocenters. The molecule has 0 saturated heterocycles. The summed E-state index contributed by atoms with van der Waals surface area (Å²) in [6.07, 6.45) is 5.81. The predicted molar refractivity (Wildman–Crippen MR) is 89.3 cm³/mol. The maximum atomic E-state index is 5.39. The third-order valence-electron chi connectivity index (χ3n) is 4.26. The monoisotopic (exact) mass is 326 g/mol.